The van der Waals surface area contributed by atoms with Crippen molar-refractivity contribution in [1.29, 1.82) is 0 Å². The highest BCUT2D eigenvalue weighted by Crippen LogP contribution is 2.55. The first-order valence-electron chi connectivity index (χ1n) is 28.4. The molecule has 0 fully saturated rings. The van der Waals surface area contributed by atoms with Gasteiger partial charge in [-0.05, 0) is 193 Å². The van der Waals surface area contributed by atoms with Crippen LogP contribution in [-0.4, -0.2) is 0 Å². The summed E-state index contributed by atoms with van der Waals surface area (Å²) in [7, 11) is 0. The first-order valence-corrected chi connectivity index (χ1v) is 28.4. The number of hydrogen-bond donors (Lipinski definition) is 0. The van der Waals surface area contributed by atoms with E-state index in [1.807, 2.05) is 0 Å². The van der Waals surface area contributed by atoms with E-state index in [1.54, 1.807) is 0 Å². The lowest BCUT2D eigenvalue weighted by molar-refractivity contribution is 0.632. The van der Waals surface area contributed by atoms with Gasteiger partial charge in [-0.2, -0.15) is 0 Å². The summed E-state index contributed by atoms with van der Waals surface area (Å²) in [5, 5.41) is 0. The minimum atomic E-state index is -0.335. The lowest BCUT2D eigenvalue weighted by atomic mass is 9.72. The molecule has 12 aromatic rings. The minimum absolute atomic E-state index is 0.335. The normalized spacial score (nSPS) is 12.3. The van der Waals surface area contributed by atoms with E-state index in [-0.39, 0.29) is 5.41 Å². The zero-order valence-corrected chi connectivity index (χ0v) is 47.1. The first kappa shape index (κ1) is 51.3. The zero-order valence-electron chi connectivity index (χ0n) is 47.1. The molecule has 4 nitrogen and oxygen atoms in total. The standard InChI is InChI=1S/C78H64N4/c1-55-38-43-64(44-39-55)80(65-45-40-56(2)41-46-65)66-47-49-68(57(3)52-66)70-34-23-35-71(77(70)58-42-51-75-73(53-58)78(4,5)72-36-21-22-37-74(72)82(75)63-32-19-10-20-33-63)69-50-48-67(79(59-24-11-6-12-25-59)60-26-13-7-14-27-60)54-76(69)81(61-28-15-8-16-29-61)62-30-17-9-18-31-62/h6-54H,1-5H3. The van der Waals surface area contributed by atoms with Gasteiger partial charge in [0.2, 0.25) is 0 Å². The second-order valence-corrected chi connectivity index (χ2v) is 22.0. The van der Waals surface area contributed by atoms with Gasteiger partial charge in [-0.25, -0.2) is 0 Å². The number of rotatable bonds is 13. The Kier molecular flexibility index (Phi) is 13.6. The highest BCUT2D eigenvalue weighted by Gasteiger charge is 2.37. The smallest absolute Gasteiger partial charge is 0.0561 e. The Bertz CT molecular complexity index is 4070. The molecule has 0 radical (unpaired) electrons. The highest BCUT2D eigenvalue weighted by molar-refractivity contribution is 6.02. The molecular formula is C78H64N4. The number of anilines is 12. The molecule has 0 atom stereocenters. The fourth-order valence-electron chi connectivity index (χ4n) is 12.2. The third kappa shape index (κ3) is 9.58. The second kappa shape index (κ2) is 21.8. The Morgan fingerprint density at radius 2 is 0.707 bits per heavy atom. The van der Waals surface area contributed by atoms with Crippen LogP contribution in [0.25, 0.3) is 33.4 Å². The van der Waals surface area contributed by atoms with E-state index in [0.29, 0.717) is 0 Å². The maximum Gasteiger partial charge on any atom is 0.0561 e. The zero-order chi connectivity index (χ0) is 55.7. The van der Waals surface area contributed by atoms with E-state index in [4.69, 9.17) is 0 Å². The molecule has 0 N–H and O–H groups in total. The SMILES string of the molecule is Cc1ccc(N(c2ccc(C)cc2)c2ccc(-c3cccc(-c4ccc(N(c5ccccc5)c5ccccc5)cc4N(c4ccccc4)c4ccccc4)c3-c3ccc4c(c3)C(C)(C)c3ccccc3N4c3ccccc3)c(C)c2)cc1. The van der Waals surface area contributed by atoms with E-state index < -0.39 is 0 Å². The van der Waals surface area contributed by atoms with E-state index in [1.165, 1.54) is 44.8 Å². The molecule has 0 saturated heterocycles. The molecular weight excluding hydrogens is 993 g/mol. The molecule has 0 amide bonds. The molecule has 396 valence electrons. The maximum absolute atomic E-state index is 2.50. The molecule has 0 aliphatic carbocycles. The van der Waals surface area contributed by atoms with Crippen molar-refractivity contribution in [2.24, 2.45) is 0 Å². The Morgan fingerprint density at radius 1 is 0.293 bits per heavy atom. The number of nitrogens with zero attached hydrogens (tertiary/aromatic N) is 4. The first-order chi connectivity index (χ1) is 40.2. The molecule has 12 aromatic carbocycles. The third-order valence-electron chi connectivity index (χ3n) is 16.3. The third-order valence-corrected chi connectivity index (χ3v) is 16.3. The molecule has 0 aromatic heterocycles. The van der Waals surface area contributed by atoms with Gasteiger partial charge in [-0.1, -0.05) is 195 Å². The topological polar surface area (TPSA) is 13.0 Å². The van der Waals surface area contributed by atoms with Crippen LogP contribution < -0.4 is 19.6 Å². The van der Waals surface area contributed by atoms with Crippen LogP contribution in [0.3, 0.4) is 0 Å². The second-order valence-electron chi connectivity index (χ2n) is 22.0. The molecule has 0 unspecified atom stereocenters. The largest absolute Gasteiger partial charge is 0.310 e. The minimum Gasteiger partial charge on any atom is -0.310 e. The molecule has 4 heteroatoms. The molecule has 1 heterocycles. The molecule has 0 spiro atoms. The van der Waals surface area contributed by atoms with Gasteiger partial charge in [0, 0.05) is 62.2 Å². The van der Waals surface area contributed by atoms with Crippen LogP contribution in [0.5, 0.6) is 0 Å². The van der Waals surface area contributed by atoms with Gasteiger partial charge in [0.25, 0.3) is 0 Å². The Hall–Kier alpha value is -10.2. The number of hydrogen-bond acceptors (Lipinski definition) is 4. The van der Waals surface area contributed by atoms with Crippen LogP contribution in [0.1, 0.15) is 41.7 Å². The van der Waals surface area contributed by atoms with E-state index in [2.05, 4.69) is 351 Å². The van der Waals surface area contributed by atoms with Crippen LogP contribution >= 0.6 is 0 Å². The van der Waals surface area contributed by atoms with Crippen molar-refractivity contribution in [3.63, 3.8) is 0 Å². The predicted molar refractivity (Wildman–Crippen MR) is 348 cm³/mol. The van der Waals surface area contributed by atoms with Crippen LogP contribution in [0, 0.1) is 20.8 Å². The predicted octanol–water partition coefficient (Wildman–Crippen LogP) is 22.1. The van der Waals surface area contributed by atoms with Crippen molar-refractivity contribution in [3.05, 3.63) is 325 Å². The van der Waals surface area contributed by atoms with Crippen molar-refractivity contribution in [3.8, 4) is 33.4 Å². The Balaban J connectivity index is 1.08. The summed E-state index contributed by atoms with van der Waals surface area (Å²) in [6.07, 6.45) is 0. The highest BCUT2D eigenvalue weighted by atomic mass is 15.2. The molecule has 82 heavy (non-hydrogen) atoms. The fraction of sp³-hybridized carbons (Fsp3) is 0.0769. The Morgan fingerprint density at radius 3 is 1.23 bits per heavy atom. The fourth-order valence-corrected chi connectivity index (χ4v) is 12.2. The van der Waals surface area contributed by atoms with Crippen LogP contribution in [0.15, 0.2) is 297 Å². The number of fused-ring (bicyclic) bond motifs is 2. The molecule has 0 saturated carbocycles. The lowest BCUT2D eigenvalue weighted by Gasteiger charge is -2.42. The van der Waals surface area contributed by atoms with Gasteiger partial charge in [0.1, 0.15) is 0 Å². The summed E-state index contributed by atoms with van der Waals surface area (Å²) in [6, 6.07) is 109. The van der Waals surface area contributed by atoms with E-state index in [0.717, 1.165) is 84.7 Å². The lowest BCUT2D eigenvalue weighted by Crippen LogP contribution is -2.30. The summed E-state index contributed by atoms with van der Waals surface area (Å²) in [5.74, 6) is 0. The van der Waals surface area contributed by atoms with Crippen LogP contribution in [0.2, 0.25) is 0 Å². The van der Waals surface area contributed by atoms with E-state index in [9.17, 15) is 0 Å². The molecule has 1 aliphatic rings. The quantitative estimate of drug-likeness (QED) is 0.114. The van der Waals surface area contributed by atoms with Gasteiger partial charge < -0.3 is 19.6 Å². The van der Waals surface area contributed by atoms with Gasteiger partial charge in [0.15, 0.2) is 0 Å². The summed E-state index contributed by atoms with van der Waals surface area (Å²) < 4.78 is 0. The monoisotopic (exact) mass is 1060 g/mol. The number of aryl methyl sites for hydroxylation is 3. The van der Waals surface area contributed by atoms with E-state index >= 15 is 0 Å². The van der Waals surface area contributed by atoms with Crippen molar-refractivity contribution < 1.29 is 0 Å². The van der Waals surface area contributed by atoms with Gasteiger partial charge in [0.05, 0.1) is 17.1 Å². The molecule has 1 aliphatic heterocycles. The van der Waals surface area contributed by atoms with Crippen LogP contribution in [-0.2, 0) is 5.41 Å². The molecule has 0 bridgehead atoms. The summed E-state index contributed by atoms with van der Waals surface area (Å²) in [6.45, 7) is 11.3. The van der Waals surface area contributed by atoms with Gasteiger partial charge >= 0.3 is 0 Å². The number of benzene rings is 12. The van der Waals surface area contributed by atoms with Crippen molar-refractivity contribution in [1.82, 2.24) is 0 Å². The maximum atomic E-state index is 2.50. The summed E-state index contributed by atoms with van der Waals surface area (Å²) >= 11 is 0. The average molecular weight is 1060 g/mol. The van der Waals surface area contributed by atoms with Crippen molar-refractivity contribution in [2.75, 3.05) is 19.6 Å². The average Bonchev–Trinajstić information content (AvgIpc) is 3.07. The molecule has 13 rings (SSSR count). The van der Waals surface area contributed by atoms with Gasteiger partial charge in [-0.15, -0.1) is 0 Å². The van der Waals surface area contributed by atoms with Gasteiger partial charge in [-0.3, -0.25) is 0 Å². The van der Waals surface area contributed by atoms with Crippen molar-refractivity contribution >= 4 is 68.2 Å². The summed E-state index contributed by atoms with van der Waals surface area (Å²) in [4.78, 5) is 9.61. The van der Waals surface area contributed by atoms with Crippen LogP contribution in [0.4, 0.5) is 68.2 Å². The number of para-hydroxylation sites is 6. The summed E-state index contributed by atoms with van der Waals surface area (Å²) in [5.41, 5.74) is 25.9. The Labute approximate surface area is 483 Å². The van der Waals surface area contributed by atoms with Crippen molar-refractivity contribution in [2.45, 2.75) is 40.0 Å².